The summed E-state index contributed by atoms with van der Waals surface area (Å²) in [5, 5.41) is 17.4. The number of ether oxygens (including phenoxy) is 1. The molecule has 3 aromatic rings. The monoisotopic (exact) mass is 462 g/mol. The van der Waals surface area contributed by atoms with Crippen LogP contribution in [0, 0.1) is 30.9 Å². The number of nitro groups is 1. The number of carbonyl (C=O) groups excluding carboxylic acids is 1. The summed E-state index contributed by atoms with van der Waals surface area (Å²) in [4.78, 5) is 23.5. The molecule has 1 amide bonds. The summed E-state index contributed by atoms with van der Waals surface area (Å²) in [7, 11) is 0. The number of carbonyl (C=O) groups is 1. The fourth-order valence-electron chi connectivity index (χ4n) is 3.14. The number of nitro benzene ring substituents is 1. The Labute approximate surface area is 187 Å². The molecule has 0 radical (unpaired) electrons. The van der Waals surface area contributed by atoms with Crippen LogP contribution < -0.4 is 10.1 Å². The van der Waals surface area contributed by atoms with E-state index in [-0.39, 0.29) is 22.8 Å². The van der Waals surface area contributed by atoms with Crippen LogP contribution in [0.5, 0.6) is 11.5 Å². The second-order valence-electron chi connectivity index (χ2n) is 7.62. The fourth-order valence-corrected chi connectivity index (χ4v) is 3.14. The lowest BCUT2D eigenvalue weighted by Crippen LogP contribution is -2.25. The van der Waals surface area contributed by atoms with Gasteiger partial charge in [-0.15, -0.1) is 0 Å². The molecule has 0 aliphatic carbocycles. The van der Waals surface area contributed by atoms with E-state index in [2.05, 4.69) is 10.4 Å². The van der Waals surface area contributed by atoms with E-state index in [1.54, 1.807) is 6.07 Å². The number of hydrogen-bond donors (Lipinski definition) is 1. The number of aromatic nitrogens is 2. The molecule has 0 aliphatic rings. The first-order chi connectivity index (χ1) is 15.3. The van der Waals surface area contributed by atoms with Crippen LogP contribution in [0.2, 0.25) is 0 Å². The molecule has 1 atom stereocenters. The molecule has 0 saturated heterocycles. The fraction of sp³-hybridized carbons (Fsp3) is 0.273. The van der Waals surface area contributed by atoms with E-state index >= 15 is 0 Å². The topological polar surface area (TPSA) is 99.3 Å². The van der Waals surface area contributed by atoms with Gasteiger partial charge in [0.25, 0.3) is 5.69 Å². The molecule has 0 aliphatic heterocycles. The van der Waals surface area contributed by atoms with Crippen LogP contribution in [0.1, 0.15) is 35.5 Å². The van der Waals surface area contributed by atoms with Crippen molar-refractivity contribution in [3.8, 4) is 11.5 Å². The largest absolute Gasteiger partial charge is 0.457 e. The summed E-state index contributed by atoms with van der Waals surface area (Å²) in [6, 6.07) is 8.99. The van der Waals surface area contributed by atoms with Crippen molar-refractivity contribution in [1.82, 2.24) is 9.78 Å². The molecule has 1 N–H and O–H groups in total. The maximum atomic E-state index is 12.9. The van der Waals surface area contributed by atoms with Crippen molar-refractivity contribution < 1.29 is 27.6 Å². The van der Waals surface area contributed by atoms with Gasteiger partial charge in [-0.1, -0.05) is 12.1 Å². The van der Waals surface area contributed by atoms with Gasteiger partial charge in [0.05, 0.1) is 16.7 Å². The van der Waals surface area contributed by atoms with E-state index in [1.165, 1.54) is 26.0 Å². The van der Waals surface area contributed by atoms with E-state index < -0.39 is 28.7 Å². The van der Waals surface area contributed by atoms with Gasteiger partial charge in [-0.25, -0.2) is 0 Å². The van der Waals surface area contributed by atoms with E-state index in [4.69, 9.17) is 4.74 Å². The van der Waals surface area contributed by atoms with E-state index in [0.717, 1.165) is 27.9 Å². The highest BCUT2D eigenvalue weighted by atomic mass is 19.4. The average Bonchev–Trinajstić information content (AvgIpc) is 3.12. The van der Waals surface area contributed by atoms with Gasteiger partial charge in [-0.05, 0) is 51.0 Å². The Bertz CT molecular complexity index is 1220. The van der Waals surface area contributed by atoms with Crippen molar-refractivity contribution in [3.63, 3.8) is 0 Å². The van der Waals surface area contributed by atoms with Gasteiger partial charge in [0.2, 0.25) is 5.91 Å². The first kappa shape index (κ1) is 23.8. The molecule has 2 aromatic carbocycles. The van der Waals surface area contributed by atoms with E-state index in [9.17, 15) is 28.1 Å². The number of halogens is 3. The minimum Gasteiger partial charge on any atom is -0.457 e. The minimum atomic E-state index is -4.65. The number of rotatable bonds is 6. The Morgan fingerprint density at radius 2 is 1.85 bits per heavy atom. The minimum absolute atomic E-state index is 0.0576. The summed E-state index contributed by atoms with van der Waals surface area (Å²) >= 11 is 0. The third kappa shape index (κ3) is 5.48. The third-order valence-electron chi connectivity index (χ3n) is 4.90. The second-order valence-corrected chi connectivity index (χ2v) is 7.62. The molecule has 1 aromatic heterocycles. The predicted octanol–water partition coefficient (Wildman–Crippen LogP) is 5.73. The molecule has 0 fully saturated rings. The highest BCUT2D eigenvalue weighted by Crippen LogP contribution is 2.33. The highest BCUT2D eigenvalue weighted by molar-refractivity contribution is 5.94. The Morgan fingerprint density at radius 3 is 2.45 bits per heavy atom. The lowest BCUT2D eigenvalue weighted by atomic mass is 10.1. The van der Waals surface area contributed by atoms with Gasteiger partial charge in [0, 0.05) is 17.8 Å². The smallest absolute Gasteiger partial charge is 0.435 e. The van der Waals surface area contributed by atoms with Gasteiger partial charge >= 0.3 is 6.18 Å². The zero-order valence-electron chi connectivity index (χ0n) is 18.2. The Kier molecular flexibility index (Phi) is 6.43. The average molecular weight is 462 g/mol. The normalized spacial score (nSPS) is 12.3. The van der Waals surface area contributed by atoms with Crippen molar-refractivity contribution in [3.05, 3.63) is 75.1 Å². The molecule has 33 heavy (non-hydrogen) atoms. The number of anilines is 1. The second kappa shape index (κ2) is 8.93. The van der Waals surface area contributed by atoms with Gasteiger partial charge in [-0.2, -0.15) is 18.3 Å². The SMILES string of the molecule is Cc1ccc(C)c(Oc2cc(NC(=O)C(C)n3nc(C(F)(F)F)cc3C)cc([N+](=O)[O-])c2)c1. The molecule has 1 heterocycles. The molecule has 0 spiro atoms. The molecular weight excluding hydrogens is 441 g/mol. The first-order valence-corrected chi connectivity index (χ1v) is 9.84. The molecule has 174 valence electrons. The first-order valence-electron chi connectivity index (χ1n) is 9.84. The number of alkyl halides is 3. The summed E-state index contributed by atoms with van der Waals surface area (Å²) in [5.41, 5.74) is 0.497. The molecule has 3 rings (SSSR count). The number of nitrogens with one attached hydrogen (secondary N) is 1. The standard InChI is InChI=1S/C22H21F3N4O4/c1-12-5-6-13(2)19(7-12)33-18-10-16(9-17(11-18)29(31)32)26-21(30)15(4)28-14(3)8-20(27-28)22(23,24)25/h5-11,15H,1-4H3,(H,26,30). The maximum absolute atomic E-state index is 12.9. The predicted molar refractivity (Wildman–Crippen MR) is 114 cm³/mol. The number of hydrogen-bond acceptors (Lipinski definition) is 5. The Balaban J connectivity index is 1.88. The third-order valence-corrected chi connectivity index (χ3v) is 4.90. The Hall–Kier alpha value is -3.89. The number of amides is 1. The van der Waals surface area contributed by atoms with Crippen LogP contribution in [0.3, 0.4) is 0 Å². The molecular formula is C22H21F3N4O4. The van der Waals surface area contributed by atoms with Gasteiger partial charge in [-0.3, -0.25) is 19.6 Å². The molecule has 11 heteroatoms. The molecule has 0 saturated carbocycles. The van der Waals surface area contributed by atoms with Gasteiger partial charge < -0.3 is 10.1 Å². The van der Waals surface area contributed by atoms with Crippen molar-refractivity contribution in [1.29, 1.82) is 0 Å². The van der Waals surface area contributed by atoms with Crippen LogP contribution in [0.25, 0.3) is 0 Å². The molecule has 0 bridgehead atoms. The Morgan fingerprint density at radius 1 is 1.15 bits per heavy atom. The van der Waals surface area contributed by atoms with Crippen LogP contribution >= 0.6 is 0 Å². The van der Waals surface area contributed by atoms with Gasteiger partial charge in [0.1, 0.15) is 17.5 Å². The number of aryl methyl sites for hydroxylation is 3. The zero-order chi connectivity index (χ0) is 24.5. The van der Waals surface area contributed by atoms with E-state index in [0.29, 0.717) is 5.75 Å². The number of non-ortho nitro benzene ring substituents is 1. The lowest BCUT2D eigenvalue weighted by Gasteiger charge is -2.15. The maximum Gasteiger partial charge on any atom is 0.435 e. The van der Waals surface area contributed by atoms with Crippen molar-refractivity contribution in [2.45, 2.75) is 39.9 Å². The van der Waals surface area contributed by atoms with Crippen molar-refractivity contribution in [2.75, 3.05) is 5.32 Å². The molecule has 1 unspecified atom stereocenters. The summed E-state index contributed by atoms with van der Waals surface area (Å²) in [5.74, 6) is -0.0865. The van der Waals surface area contributed by atoms with Gasteiger partial charge in [0.15, 0.2) is 5.69 Å². The highest BCUT2D eigenvalue weighted by Gasteiger charge is 2.35. The number of benzene rings is 2. The quantitative estimate of drug-likeness (QED) is 0.373. The van der Waals surface area contributed by atoms with Crippen LogP contribution in [0.15, 0.2) is 42.5 Å². The lowest BCUT2D eigenvalue weighted by molar-refractivity contribution is -0.384. The van der Waals surface area contributed by atoms with Crippen LogP contribution in [-0.4, -0.2) is 20.6 Å². The molecule has 8 nitrogen and oxygen atoms in total. The summed E-state index contributed by atoms with van der Waals surface area (Å²) in [6.45, 7) is 6.46. The van der Waals surface area contributed by atoms with E-state index in [1.807, 2.05) is 26.0 Å². The van der Waals surface area contributed by atoms with Crippen molar-refractivity contribution in [2.24, 2.45) is 0 Å². The van der Waals surface area contributed by atoms with Crippen LogP contribution in [0.4, 0.5) is 24.5 Å². The van der Waals surface area contributed by atoms with Crippen molar-refractivity contribution >= 4 is 17.3 Å². The summed E-state index contributed by atoms with van der Waals surface area (Å²) < 4.78 is 45.6. The summed E-state index contributed by atoms with van der Waals surface area (Å²) in [6.07, 6.45) is -4.65. The number of nitrogens with zero attached hydrogens (tertiary/aromatic N) is 3. The van der Waals surface area contributed by atoms with Crippen LogP contribution in [-0.2, 0) is 11.0 Å². The zero-order valence-corrected chi connectivity index (χ0v) is 18.2.